The quantitative estimate of drug-likeness (QED) is 0.608. The molecule has 0 saturated carbocycles. The summed E-state index contributed by atoms with van der Waals surface area (Å²) < 4.78 is 49.2. The lowest BCUT2D eigenvalue weighted by Gasteiger charge is -2.07. The monoisotopic (exact) mass is 182 g/mol. The second-order valence-corrected chi connectivity index (χ2v) is 2.15. The van der Waals surface area contributed by atoms with Gasteiger partial charge in [-0.3, -0.25) is 4.68 Å². The van der Waals surface area contributed by atoms with Crippen LogP contribution in [0.3, 0.4) is 0 Å². The fourth-order valence-corrected chi connectivity index (χ4v) is 0.884. The number of halogens is 4. The molecule has 0 aliphatic carbocycles. The van der Waals surface area contributed by atoms with Crippen LogP contribution in [0.25, 0.3) is 0 Å². The molecule has 1 aromatic heterocycles. The SMILES string of the molecule is CCn1ncc(F)c1C(F)(F)F. The second kappa shape index (κ2) is 2.76. The molecule has 0 spiro atoms. The van der Waals surface area contributed by atoms with Crippen molar-refractivity contribution in [1.82, 2.24) is 9.78 Å². The van der Waals surface area contributed by atoms with Gasteiger partial charge in [0, 0.05) is 6.54 Å². The zero-order valence-electron chi connectivity index (χ0n) is 6.19. The molecule has 0 unspecified atom stereocenters. The van der Waals surface area contributed by atoms with Gasteiger partial charge in [-0.1, -0.05) is 0 Å². The minimum Gasteiger partial charge on any atom is -0.258 e. The van der Waals surface area contributed by atoms with Gasteiger partial charge in [-0.05, 0) is 6.92 Å². The van der Waals surface area contributed by atoms with Gasteiger partial charge >= 0.3 is 6.18 Å². The number of rotatable bonds is 1. The van der Waals surface area contributed by atoms with E-state index >= 15 is 0 Å². The Hall–Kier alpha value is -1.07. The fourth-order valence-electron chi connectivity index (χ4n) is 0.884. The minimum atomic E-state index is -4.67. The van der Waals surface area contributed by atoms with Crippen LogP contribution < -0.4 is 0 Å². The highest BCUT2D eigenvalue weighted by Crippen LogP contribution is 2.30. The van der Waals surface area contributed by atoms with E-state index in [0.29, 0.717) is 10.9 Å². The van der Waals surface area contributed by atoms with E-state index in [2.05, 4.69) is 5.10 Å². The van der Waals surface area contributed by atoms with Crippen molar-refractivity contribution in [2.45, 2.75) is 19.6 Å². The summed E-state index contributed by atoms with van der Waals surface area (Å²) in [7, 11) is 0. The number of hydrogen-bond donors (Lipinski definition) is 0. The molecule has 1 aromatic rings. The predicted octanol–water partition coefficient (Wildman–Crippen LogP) is 2.06. The lowest BCUT2D eigenvalue weighted by Crippen LogP contribution is -2.15. The highest BCUT2D eigenvalue weighted by atomic mass is 19.4. The highest BCUT2D eigenvalue weighted by Gasteiger charge is 2.38. The van der Waals surface area contributed by atoms with E-state index in [4.69, 9.17) is 0 Å². The van der Waals surface area contributed by atoms with Crippen molar-refractivity contribution >= 4 is 0 Å². The number of aromatic nitrogens is 2. The molecule has 1 heterocycles. The Bertz CT molecular complexity index is 276. The molecule has 2 nitrogen and oxygen atoms in total. The zero-order chi connectivity index (χ0) is 9.35. The van der Waals surface area contributed by atoms with Crippen LogP contribution in [0.1, 0.15) is 12.6 Å². The van der Waals surface area contributed by atoms with Gasteiger partial charge in [-0.25, -0.2) is 4.39 Å². The normalized spacial score (nSPS) is 12.1. The lowest BCUT2D eigenvalue weighted by molar-refractivity contribution is -0.146. The van der Waals surface area contributed by atoms with E-state index in [1.54, 1.807) is 0 Å². The first-order chi connectivity index (χ1) is 5.46. The van der Waals surface area contributed by atoms with Gasteiger partial charge in [0.05, 0.1) is 6.20 Å². The third-order valence-electron chi connectivity index (χ3n) is 1.36. The maximum Gasteiger partial charge on any atom is 0.435 e. The summed E-state index contributed by atoms with van der Waals surface area (Å²) in [5.41, 5.74) is -1.31. The molecule has 68 valence electrons. The summed E-state index contributed by atoms with van der Waals surface area (Å²) in [6.07, 6.45) is -4.11. The maximum atomic E-state index is 12.5. The summed E-state index contributed by atoms with van der Waals surface area (Å²) in [6.45, 7) is 1.46. The smallest absolute Gasteiger partial charge is 0.258 e. The Morgan fingerprint density at radius 2 is 2.08 bits per heavy atom. The Kier molecular flexibility index (Phi) is 2.08. The van der Waals surface area contributed by atoms with Gasteiger partial charge in [-0.2, -0.15) is 18.3 Å². The Morgan fingerprint density at radius 3 is 2.42 bits per heavy atom. The molecule has 0 amide bonds. The highest BCUT2D eigenvalue weighted by molar-refractivity contribution is 5.08. The molecule has 0 saturated heterocycles. The van der Waals surface area contributed by atoms with Crippen LogP contribution >= 0.6 is 0 Å². The molecule has 0 N–H and O–H groups in total. The van der Waals surface area contributed by atoms with Crippen LogP contribution in [0.4, 0.5) is 17.6 Å². The minimum absolute atomic E-state index is 0.00123. The Labute approximate surface area is 65.8 Å². The van der Waals surface area contributed by atoms with Gasteiger partial charge in [0.1, 0.15) is 0 Å². The first-order valence-corrected chi connectivity index (χ1v) is 3.25. The van der Waals surface area contributed by atoms with Gasteiger partial charge in [-0.15, -0.1) is 0 Å². The number of alkyl halides is 3. The van der Waals surface area contributed by atoms with Crippen LogP contribution in [0.2, 0.25) is 0 Å². The molecule has 0 aliphatic rings. The van der Waals surface area contributed by atoms with Gasteiger partial charge < -0.3 is 0 Å². The first-order valence-electron chi connectivity index (χ1n) is 3.25. The third kappa shape index (κ3) is 1.41. The van der Waals surface area contributed by atoms with Crippen LogP contribution in [0.15, 0.2) is 6.20 Å². The van der Waals surface area contributed by atoms with Crippen LogP contribution in [-0.4, -0.2) is 9.78 Å². The standard InChI is InChI=1S/C6H6F4N2/c1-2-12-5(6(8,9)10)4(7)3-11-12/h3H,2H2,1H3. The summed E-state index contributed by atoms with van der Waals surface area (Å²) in [5, 5.41) is 3.22. The van der Waals surface area contributed by atoms with Crippen LogP contribution in [0, 0.1) is 5.82 Å². The molecule has 0 bridgehead atoms. The van der Waals surface area contributed by atoms with Crippen molar-refractivity contribution in [1.29, 1.82) is 0 Å². The molecule has 12 heavy (non-hydrogen) atoms. The average Bonchev–Trinajstić information content (AvgIpc) is 2.29. The number of hydrogen-bond acceptors (Lipinski definition) is 1. The largest absolute Gasteiger partial charge is 0.435 e. The van der Waals surface area contributed by atoms with Crippen molar-refractivity contribution < 1.29 is 17.6 Å². The predicted molar refractivity (Wildman–Crippen MR) is 32.9 cm³/mol. The molecule has 0 radical (unpaired) electrons. The molecular formula is C6H6F4N2. The Morgan fingerprint density at radius 1 is 1.50 bits per heavy atom. The van der Waals surface area contributed by atoms with E-state index in [-0.39, 0.29) is 6.54 Å². The van der Waals surface area contributed by atoms with Gasteiger partial charge in [0.2, 0.25) is 0 Å². The van der Waals surface area contributed by atoms with Crippen molar-refractivity contribution in [3.63, 3.8) is 0 Å². The molecule has 6 heteroatoms. The van der Waals surface area contributed by atoms with Crippen molar-refractivity contribution in [2.24, 2.45) is 0 Å². The van der Waals surface area contributed by atoms with E-state index in [1.165, 1.54) is 6.92 Å². The van der Waals surface area contributed by atoms with E-state index < -0.39 is 17.7 Å². The zero-order valence-corrected chi connectivity index (χ0v) is 6.19. The lowest BCUT2D eigenvalue weighted by atomic mass is 10.4. The van der Waals surface area contributed by atoms with E-state index in [0.717, 1.165) is 0 Å². The third-order valence-corrected chi connectivity index (χ3v) is 1.36. The number of aryl methyl sites for hydroxylation is 1. The molecule has 0 aromatic carbocycles. The van der Waals surface area contributed by atoms with Crippen molar-refractivity contribution in [3.8, 4) is 0 Å². The summed E-state index contributed by atoms with van der Waals surface area (Å²) in [4.78, 5) is 0. The first kappa shape index (κ1) is 9.02. The number of nitrogens with zero attached hydrogens (tertiary/aromatic N) is 2. The molecule has 1 rings (SSSR count). The van der Waals surface area contributed by atoms with Gasteiger partial charge in [0.15, 0.2) is 11.5 Å². The fraction of sp³-hybridized carbons (Fsp3) is 0.500. The molecular weight excluding hydrogens is 176 g/mol. The second-order valence-electron chi connectivity index (χ2n) is 2.15. The Balaban J connectivity index is 3.19. The van der Waals surface area contributed by atoms with Crippen LogP contribution in [0.5, 0.6) is 0 Å². The van der Waals surface area contributed by atoms with E-state index in [9.17, 15) is 17.6 Å². The van der Waals surface area contributed by atoms with E-state index in [1.807, 2.05) is 0 Å². The average molecular weight is 182 g/mol. The molecule has 0 fully saturated rings. The van der Waals surface area contributed by atoms with Crippen molar-refractivity contribution in [2.75, 3.05) is 0 Å². The summed E-state index contributed by atoms with van der Waals surface area (Å²) in [5.74, 6) is -1.33. The maximum absolute atomic E-state index is 12.5. The molecule has 0 atom stereocenters. The summed E-state index contributed by atoms with van der Waals surface area (Å²) in [6, 6.07) is 0. The van der Waals surface area contributed by atoms with Crippen LogP contribution in [-0.2, 0) is 12.7 Å². The van der Waals surface area contributed by atoms with Gasteiger partial charge in [0.25, 0.3) is 0 Å². The summed E-state index contributed by atoms with van der Waals surface area (Å²) >= 11 is 0. The molecule has 0 aliphatic heterocycles. The van der Waals surface area contributed by atoms with Crippen molar-refractivity contribution in [3.05, 3.63) is 17.7 Å². The topological polar surface area (TPSA) is 17.8 Å².